The van der Waals surface area contributed by atoms with Crippen LogP contribution in [0.4, 0.5) is 5.69 Å². The lowest BCUT2D eigenvalue weighted by Gasteiger charge is -2.03. The molecule has 102 valence electrons. The van der Waals surface area contributed by atoms with Gasteiger partial charge in [0.05, 0.1) is 0 Å². The average molecular weight is 259 g/mol. The average Bonchev–Trinajstić information content (AvgIpc) is 2.22. The number of carbonyl (C=O) groups is 2. The zero-order chi connectivity index (χ0) is 13.4. The van der Waals surface area contributed by atoms with Gasteiger partial charge in [-0.2, -0.15) is 0 Å². The first-order valence-electron chi connectivity index (χ1n) is 4.83. The van der Waals surface area contributed by atoms with Crippen LogP contribution in [0.5, 0.6) is 0 Å². The number of aliphatic hydroxyl groups is 1. The van der Waals surface area contributed by atoms with E-state index in [2.05, 4.69) is 18.7 Å². The molecule has 0 heterocycles. The van der Waals surface area contributed by atoms with E-state index in [1.165, 1.54) is 5.56 Å². The number of rotatable bonds is 3. The lowest BCUT2D eigenvalue weighted by Crippen LogP contribution is -2.40. The fraction of sp³-hybridized carbons (Fsp3) is 0.273. The number of hydrogen-bond acceptors (Lipinski definition) is 4. The highest BCUT2D eigenvalue weighted by Crippen LogP contribution is 2.04. The Bertz CT molecular complexity index is 372. The Morgan fingerprint density at radius 3 is 2.11 bits per heavy atom. The molecule has 0 aliphatic heterocycles. The molecular weight excluding hydrogens is 242 g/mol. The molecule has 0 amide bonds. The number of hydrogen-bond donors (Lipinski definition) is 3. The fourth-order valence-corrected chi connectivity index (χ4v) is 0.855. The van der Waals surface area contributed by atoms with E-state index in [-0.39, 0.29) is 5.48 Å². The third-order valence-corrected chi connectivity index (χ3v) is 1.91. The predicted octanol–water partition coefficient (Wildman–Crippen LogP) is -2.38. The van der Waals surface area contributed by atoms with Crippen molar-refractivity contribution in [2.24, 2.45) is 0 Å². The molecule has 0 spiro atoms. The van der Waals surface area contributed by atoms with Crippen molar-refractivity contribution in [1.82, 2.24) is 0 Å². The van der Waals surface area contributed by atoms with Crippen molar-refractivity contribution in [2.45, 2.75) is 19.4 Å². The number of carboxylic acids is 2. The maximum Gasteiger partial charge on any atom is 0.332 e. The standard InChI is InChI=1S/C7H9N.C4H6O5.H2O/c1-6-4-2-3-5-7(6)8;5-2(4(8)9)1-3(6)7;/h2-5H,8H2,1H3;2,5H,1H2,(H,6,7)(H,8,9);1H2. The van der Waals surface area contributed by atoms with Crippen molar-refractivity contribution in [3.05, 3.63) is 29.8 Å². The molecule has 1 rings (SSSR count). The van der Waals surface area contributed by atoms with Crippen LogP contribution in [0.1, 0.15) is 12.0 Å². The van der Waals surface area contributed by atoms with Gasteiger partial charge >= 0.3 is 5.97 Å². The van der Waals surface area contributed by atoms with Crippen LogP contribution in [0.15, 0.2) is 24.3 Å². The van der Waals surface area contributed by atoms with E-state index in [1.807, 2.05) is 18.2 Å². The summed E-state index contributed by atoms with van der Waals surface area (Å²) in [7, 11) is 0. The summed E-state index contributed by atoms with van der Waals surface area (Å²) in [6.07, 6.45) is -2.72. The number of carbonyl (C=O) groups excluding carboxylic acids is 1. The summed E-state index contributed by atoms with van der Waals surface area (Å²) in [5, 5.41) is 25.7. The van der Waals surface area contributed by atoms with Crippen molar-refractivity contribution in [3.8, 4) is 0 Å². The monoisotopic (exact) mass is 259 g/mol. The topological polar surface area (TPSA) is 157 Å². The molecule has 0 bridgehead atoms. The quantitative estimate of drug-likeness (QED) is 0.552. The summed E-state index contributed by atoms with van der Waals surface area (Å²) >= 11 is 0. The molecule has 7 heteroatoms. The highest BCUT2D eigenvalue weighted by atomic mass is 16.4. The second-order valence-electron chi connectivity index (χ2n) is 3.36. The van der Waals surface area contributed by atoms with Gasteiger partial charge in [-0.05, 0) is 13.0 Å². The van der Waals surface area contributed by atoms with Crippen molar-refractivity contribution in [1.29, 1.82) is 0 Å². The van der Waals surface area contributed by atoms with Gasteiger partial charge in [0.1, 0.15) is 5.69 Å². The van der Waals surface area contributed by atoms with Gasteiger partial charge in [0.2, 0.25) is 0 Å². The van der Waals surface area contributed by atoms with Crippen molar-refractivity contribution in [3.63, 3.8) is 0 Å². The lowest BCUT2D eigenvalue weighted by molar-refractivity contribution is -0.307. The maximum absolute atomic E-state index is 9.69. The van der Waals surface area contributed by atoms with Crippen LogP contribution >= 0.6 is 0 Å². The van der Waals surface area contributed by atoms with Crippen molar-refractivity contribution < 1.29 is 36.1 Å². The molecule has 0 aromatic heterocycles. The minimum absolute atomic E-state index is 0. The van der Waals surface area contributed by atoms with Crippen LogP contribution < -0.4 is 10.8 Å². The highest BCUT2D eigenvalue weighted by Gasteiger charge is 2.11. The molecule has 0 radical (unpaired) electrons. The van der Waals surface area contributed by atoms with Gasteiger partial charge in [-0.15, -0.1) is 0 Å². The molecule has 0 aliphatic rings. The van der Waals surface area contributed by atoms with E-state index < -0.39 is 24.5 Å². The first-order chi connectivity index (χ1) is 7.84. The largest absolute Gasteiger partial charge is 0.550 e. The molecule has 7 nitrogen and oxygen atoms in total. The number of aliphatic carboxylic acids is 2. The molecular formula is C11H17NO6. The normalized spacial score (nSPS) is 10.4. The van der Waals surface area contributed by atoms with Crippen LogP contribution in [-0.2, 0) is 9.59 Å². The second kappa shape index (κ2) is 9.11. The van der Waals surface area contributed by atoms with Crippen LogP contribution in [0, 0.1) is 6.92 Å². The minimum Gasteiger partial charge on any atom is -0.550 e. The number of aliphatic hydroxyl groups excluding tert-OH is 1. The van der Waals surface area contributed by atoms with E-state index >= 15 is 0 Å². The predicted molar refractivity (Wildman–Crippen MR) is 60.6 cm³/mol. The number of carboxylic acid groups (broad SMARTS) is 2. The van der Waals surface area contributed by atoms with Crippen molar-refractivity contribution in [2.75, 3.05) is 0 Å². The van der Waals surface area contributed by atoms with Gasteiger partial charge in [0.15, 0.2) is 6.10 Å². The highest BCUT2D eigenvalue weighted by molar-refractivity contribution is 5.78. The zero-order valence-corrected chi connectivity index (χ0v) is 9.92. The summed E-state index contributed by atoms with van der Waals surface area (Å²) in [6.45, 7) is 2.06. The van der Waals surface area contributed by atoms with Gasteiger partial charge in [0.25, 0.3) is 0 Å². The van der Waals surface area contributed by atoms with Gasteiger partial charge in [-0.3, -0.25) is 0 Å². The van der Waals surface area contributed by atoms with Crippen LogP contribution in [0.3, 0.4) is 0 Å². The molecule has 7 N–H and O–H groups in total. The van der Waals surface area contributed by atoms with Gasteiger partial charge in [-0.1, -0.05) is 18.2 Å². The zero-order valence-electron chi connectivity index (χ0n) is 9.92. The van der Waals surface area contributed by atoms with E-state index in [1.54, 1.807) is 0 Å². The molecule has 0 saturated carbocycles. The smallest absolute Gasteiger partial charge is 0.332 e. The molecule has 18 heavy (non-hydrogen) atoms. The third kappa shape index (κ3) is 8.22. The fourth-order valence-electron chi connectivity index (χ4n) is 0.855. The number of aryl methyl sites for hydroxylation is 1. The van der Waals surface area contributed by atoms with Crippen molar-refractivity contribution >= 4 is 17.6 Å². The summed E-state index contributed by atoms with van der Waals surface area (Å²) in [5.41, 5.74) is 6.20. The Hall–Kier alpha value is -1.96. The Kier molecular flexibility index (Phi) is 9.32. The van der Waals surface area contributed by atoms with Crippen LogP contribution in [0.2, 0.25) is 0 Å². The van der Waals surface area contributed by atoms with Gasteiger partial charge < -0.3 is 31.3 Å². The summed E-state index contributed by atoms with van der Waals surface area (Å²) in [4.78, 5) is 19.3. The minimum atomic E-state index is -1.85. The van der Waals surface area contributed by atoms with E-state index in [9.17, 15) is 14.7 Å². The number of quaternary nitrogens is 1. The molecule has 0 fully saturated rings. The second-order valence-corrected chi connectivity index (χ2v) is 3.36. The Morgan fingerprint density at radius 2 is 1.89 bits per heavy atom. The number of benzene rings is 1. The SMILES string of the molecule is Cc1ccccc1[NH3+].O.O=C([O-])CC(O)C(=O)O. The van der Waals surface area contributed by atoms with Gasteiger partial charge in [0, 0.05) is 18.0 Å². The van der Waals surface area contributed by atoms with Crippen LogP contribution in [0.25, 0.3) is 0 Å². The molecule has 1 atom stereocenters. The molecule has 0 saturated heterocycles. The van der Waals surface area contributed by atoms with Crippen LogP contribution in [-0.4, -0.2) is 33.7 Å². The lowest BCUT2D eigenvalue weighted by atomic mass is 10.2. The Morgan fingerprint density at radius 1 is 1.39 bits per heavy atom. The van der Waals surface area contributed by atoms with Gasteiger partial charge in [-0.25, -0.2) is 4.79 Å². The molecule has 0 aliphatic carbocycles. The van der Waals surface area contributed by atoms with E-state index in [0.717, 1.165) is 5.69 Å². The first kappa shape index (κ1) is 18.4. The van der Waals surface area contributed by atoms with E-state index in [0.29, 0.717) is 0 Å². The molecule has 1 aromatic carbocycles. The third-order valence-electron chi connectivity index (χ3n) is 1.91. The summed E-state index contributed by atoms with van der Waals surface area (Å²) in [5.74, 6) is -3.14. The van der Waals surface area contributed by atoms with E-state index in [4.69, 9.17) is 10.2 Å². The summed E-state index contributed by atoms with van der Waals surface area (Å²) in [6, 6.07) is 8.08. The molecule has 1 unspecified atom stereocenters. The summed E-state index contributed by atoms with van der Waals surface area (Å²) < 4.78 is 0. The Balaban J connectivity index is 0. The molecule has 1 aromatic rings. The Labute approximate surface area is 104 Å². The maximum atomic E-state index is 9.69. The first-order valence-corrected chi connectivity index (χ1v) is 4.83.